The van der Waals surface area contributed by atoms with E-state index in [-0.39, 0.29) is 0 Å². The van der Waals surface area contributed by atoms with Crippen molar-refractivity contribution in [3.63, 3.8) is 0 Å². The van der Waals surface area contributed by atoms with Crippen LogP contribution in [0, 0.1) is 12.3 Å². The molecule has 0 amide bonds. The molecule has 0 aliphatic rings. The van der Waals surface area contributed by atoms with E-state index >= 15 is 0 Å². The average Bonchev–Trinajstić information content (AvgIpc) is 2.25. The molecule has 0 bridgehead atoms. The van der Waals surface area contributed by atoms with Gasteiger partial charge >= 0.3 is 0 Å². The van der Waals surface area contributed by atoms with Gasteiger partial charge in [-0.15, -0.1) is 6.42 Å². The molecule has 0 aromatic heterocycles. The van der Waals surface area contributed by atoms with Gasteiger partial charge in [0.1, 0.15) is 5.75 Å². The zero-order valence-corrected chi connectivity index (χ0v) is 9.59. The number of benzene rings is 1. The summed E-state index contributed by atoms with van der Waals surface area (Å²) in [5, 5.41) is 1.03. The molecular formula is C12H13BrO. The van der Waals surface area contributed by atoms with E-state index in [0.717, 1.165) is 36.1 Å². The molecule has 2 heteroatoms. The van der Waals surface area contributed by atoms with Crippen LogP contribution >= 0.6 is 15.9 Å². The van der Waals surface area contributed by atoms with Crippen LogP contribution in [-0.4, -0.2) is 11.9 Å². The zero-order valence-electron chi connectivity index (χ0n) is 8.00. The van der Waals surface area contributed by atoms with E-state index < -0.39 is 0 Å². The van der Waals surface area contributed by atoms with Gasteiger partial charge in [-0.25, -0.2) is 0 Å². The fourth-order valence-corrected chi connectivity index (χ4v) is 1.46. The smallest absolute Gasteiger partial charge is 0.120 e. The number of unbranched alkanes of at least 4 members (excludes halogenated alkanes) is 1. The highest BCUT2D eigenvalue weighted by Gasteiger charge is 1.94. The molecule has 0 N–H and O–H groups in total. The highest BCUT2D eigenvalue weighted by Crippen LogP contribution is 2.12. The Kier molecular flexibility index (Phi) is 5.17. The second-order valence-electron chi connectivity index (χ2n) is 2.92. The number of alkyl halides is 1. The van der Waals surface area contributed by atoms with Crippen molar-refractivity contribution in [1.82, 2.24) is 0 Å². The summed E-state index contributed by atoms with van der Waals surface area (Å²) in [7, 11) is 0. The quantitative estimate of drug-likeness (QED) is 0.444. The van der Waals surface area contributed by atoms with Crippen LogP contribution in [0.3, 0.4) is 0 Å². The van der Waals surface area contributed by atoms with Gasteiger partial charge in [0.15, 0.2) is 0 Å². The van der Waals surface area contributed by atoms with Gasteiger partial charge in [-0.3, -0.25) is 0 Å². The molecular weight excluding hydrogens is 240 g/mol. The molecule has 0 spiro atoms. The molecule has 0 aliphatic carbocycles. The molecule has 74 valence electrons. The Morgan fingerprint density at radius 3 is 2.93 bits per heavy atom. The molecule has 0 radical (unpaired) electrons. The first-order chi connectivity index (χ1) is 6.86. The Morgan fingerprint density at radius 1 is 1.36 bits per heavy atom. The van der Waals surface area contributed by atoms with E-state index in [4.69, 9.17) is 11.2 Å². The van der Waals surface area contributed by atoms with Crippen molar-refractivity contribution < 1.29 is 4.74 Å². The van der Waals surface area contributed by atoms with E-state index in [1.165, 1.54) is 0 Å². The molecule has 1 nitrogen and oxygen atoms in total. The van der Waals surface area contributed by atoms with Gasteiger partial charge in [0.05, 0.1) is 6.61 Å². The Hall–Kier alpha value is -0.940. The van der Waals surface area contributed by atoms with Crippen molar-refractivity contribution in [3.05, 3.63) is 29.8 Å². The number of hydrogen-bond acceptors (Lipinski definition) is 1. The third kappa shape index (κ3) is 3.85. The Morgan fingerprint density at radius 2 is 2.21 bits per heavy atom. The van der Waals surface area contributed by atoms with Gasteiger partial charge < -0.3 is 4.74 Å². The molecule has 0 saturated heterocycles. The maximum atomic E-state index is 5.53. The van der Waals surface area contributed by atoms with Crippen molar-refractivity contribution in [2.75, 3.05) is 11.9 Å². The molecule has 1 aromatic carbocycles. The highest BCUT2D eigenvalue weighted by atomic mass is 79.9. The van der Waals surface area contributed by atoms with E-state index in [0.29, 0.717) is 0 Å². The first-order valence-corrected chi connectivity index (χ1v) is 5.74. The normalized spacial score (nSPS) is 9.43. The lowest BCUT2D eigenvalue weighted by atomic mass is 10.2. The van der Waals surface area contributed by atoms with Crippen LogP contribution in [0.25, 0.3) is 0 Å². The van der Waals surface area contributed by atoms with E-state index in [2.05, 4.69) is 21.9 Å². The van der Waals surface area contributed by atoms with Crippen LogP contribution in [-0.2, 0) is 0 Å². The number of rotatable bonds is 5. The van der Waals surface area contributed by atoms with E-state index in [9.17, 15) is 0 Å². The van der Waals surface area contributed by atoms with Gasteiger partial charge in [0, 0.05) is 10.9 Å². The van der Waals surface area contributed by atoms with E-state index in [1.54, 1.807) is 0 Å². The average molecular weight is 253 g/mol. The minimum absolute atomic E-state index is 0.750. The number of hydrogen-bond donors (Lipinski definition) is 0. The summed E-state index contributed by atoms with van der Waals surface area (Å²) in [6, 6.07) is 7.61. The van der Waals surface area contributed by atoms with Crippen LogP contribution < -0.4 is 4.74 Å². The molecule has 14 heavy (non-hydrogen) atoms. The summed E-state index contributed by atoms with van der Waals surface area (Å²) in [5.74, 6) is 3.44. The number of ether oxygens (including phenoxy) is 1. The first-order valence-electron chi connectivity index (χ1n) is 4.62. The monoisotopic (exact) mass is 252 g/mol. The molecule has 0 unspecified atom stereocenters. The van der Waals surface area contributed by atoms with Crippen molar-refractivity contribution in [3.8, 4) is 18.1 Å². The molecule has 0 saturated carbocycles. The Balaban J connectivity index is 2.39. The van der Waals surface area contributed by atoms with Gasteiger partial charge in [0.2, 0.25) is 0 Å². The van der Waals surface area contributed by atoms with Gasteiger partial charge in [-0.1, -0.05) is 27.9 Å². The molecule has 1 rings (SSSR count). The minimum Gasteiger partial charge on any atom is -0.494 e. The van der Waals surface area contributed by atoms with Crippen molar-refractivity contribution >= 4 is 15.9 Å². The summed E-state index contributed by atoms with van der Waals surface area (Å²) < 4.78 is 5.53. The molecule has 1 aromatic rings. The maximum Gasteiger partial charge on any atom is 0.120 e. The largest absolute Gasteiger partial charge is 0.494 e. The zero-order chi connectivity index (χ0) is 10.2. The highest BCUT2D eigenvalue weighted by molar-refractivity contribution is 9.09. The fourth-order valence-electron chi connectivity index (χ4n) is 1.06. The third-order valence-corrected chi connectivity index (χ3v) is 2.36. The van der Waals surface area contributed by atoms with Gasteiger partial charge in [0.25, 0.3) is 0 Å². The fraction of sp³-hybridized carbons (Fsp3) is 0.333. The van der Waals surface area contributed by atoms with Crippen LogP contribution in [0.15, 0.2) is 24.3 Å². The van der Waals surface area contributed by atoms with Crippen LogP contribution in [0.2, 0.25) is 0 Å². The second-order valence-corrected chi connectivity index (χ2v) is 3.71. The summed E-state index contributed by atoms with van der Waals surface area (Å²) in [5.41, 5.74) is 0.864. The summed E-state index contributed by atoms with van der Waals surface area (Å²) in [6.07, 6.45) is 7.48. The summed E-state index contributed by atoms with van der Waals surface area (Å²) >= 11 is 3.38. The van der Waals surface area contributed by atoms with Crippen LogP contribution in [0.4, 0.5) is 0 Å². The Labute approximate surface area is 93.6 Å². The first kappa shape index (κ1) is 11.1. The standard InChI is InChI=1S/C12H13BrO/c1-2-11-6-5-7-12(10-11)14-9-4-3-8-13/h1,5-7,10H,3-4,8-9H2. The van der Waals surface area contributed by atoms with Gasteiger partial charge in [-0.05, 0) is 31.0 Å². The Bertz CT molecular complexity index is 314. The predicted molar refractivity (Wildman–Crippen MR) is 62.9 cm³/mol. The lowest BCUT2D eigenvalue weighted by molar-refractivity contribution is 0.310. The van der Waals surface area contributed by atoms with Gasteiger partial charge in [-0.2, -0.15) is 0 Å². The van der Waals surface area contributed by atoms with Crippen LogP contribution in [0.1, 0.15) is 18.4 Å². The minimum atomic E-state index is 0.750. The van der Waals surface area contributed by atoms with Crippen molar-refractivity contribution in [2.45, 2.75) is 12.8 Å². The van der Waals surface area contributed by atoms with Crippen molar-refractivity contribution in [2.24, 2.45) is 0 Å². The third-order valence-electron chi connectivity index (χ3n) is 1.80. The molecule has 0 aliphatic heterocycles. The molecule has 0 atom stereocenters. The summed E-state index contributed by atoms with van der Waals surface area (Å²) in [6.45, 7) is 0.750. The van der Waals surface area contributed by atoms with Crippen molar-refractivity contribution in [1.29, 1.82) is 0 Å². The lowest BCUT2D eigenvalue weighted by Gasteiger charge is -2.05. The van der Waals surface area contributed by atoms with Crippen LogP contribution in [0.5, 0.6) is 5.75 Å². The topological polar surface area (TPSA) is 9.23 Å². The molecule has 0 heterocycles. The number of halogens is 1. The summed E-state index contributed by atoms with van der Waals surface area (Å²) in [4.78, 5) is 0. The lowest BCUT2D eigenvalue weighted by Crippen LogP contribution is -1.97. The number of terminal acetylenes is 1. The predicted octanol–water partition coefficient (Wildman–Crippen LogP) is 3.22. The second kappa shape index (κ2) is 6.50. The SMILES string of the molecule is C#Cc1cccc(OCCCCBr)c1. The van der Waals surface area contributed by atoms with E-state index in [1.807, 2.05) is 24.3 Å². The molecule has 0 fully saturated rings. The maximum absolute atomic E-state index is 5.53.